The van der Waals surface area contributed by atoms with Crippen molar-refractivity contribution >= 4 is 28.9 Å². The second kappa shape index (κ2) is 8.88. The van der Waals surface area contributed by atoms with Gasteiger partial charge in [-0.1, -0.05) is 35.9 Å². The molecule has 0 aromatic heterocycles. The predicted molar refractivity (Wildman–Crippen MR) is 121 cm³/mol. The van der Waals surface area contributed by atoms with Crippen molar-refractivity contribution in [1.82, 2.24) is 0 Å². The summed E-state index contributed by atoms with van der Waals surface area (Å²) in [5.41, 5.74) is 5.25. The van der Waals surface area contributed by atoms with E-state index in [-0.39, 0.29) is 17.6 Å². The van der Waals surface area contributed by atoms with Crippen LogP contribution in [0, 0.1) is 5.82 Å². The van der Waals surface area contributed by atoms with E-state index >= 15 is 0 Å². The van der Waals surface area contributed by atoms with Gasteiger partial charge in [0.05, 0.1) is 5.92 Å². The molecule has 154 valence electrons. The number of nitrogens with zero attached hydrogens (tertiary/aromatic N) is 1. The standard InChI is InChI=1S/C25H24ClFN2O/c1-17(25(30)28-23-10-8-22(27)9-11-23)19-7-12-24-20(15-19)5-3-13-29(24)16-18-4-2-6-21(26)14-18/h2,4,6-12,14-15,17H,3,5,13,16H2,1H3,(H,28,30). The first-order valence-electron chi connectivity index (χ1n) is 10.2. The fraction of sp³-hybridized carbons (Fsp3) is 0.240. The molecule has 5 heteroatoms. The minimum absolute atomic E-state index is 0.104. The highest BCUT2D eigenvalue weighted by atomic mass is 35.5. The van der Waals surface area contributed by atoms with E-state index in [4.69, 9.17) is 11.6 Å². The smallest absolute Gasteiger partial charge is 0.231 e. The third-order valence-electron chi connectivity index (χ3n) is 5.59. The average molecular weight is 423 g/mol. The fourth-order valence-electron chi connectivity index (χ4n) is 3.92. The number of anilines is 2. The van der Waals surface area contributed by atoms with Gasteiger partial charge in [0.25, 0.3) is 0 Å². The zero-order valence-corrected chi connectivity index (χ0v) is 17.6. The van der Waals surface area contributed by atoms with Crippen LogP contribution in [-0.2, 0) is 17.8 Å². The van der Waals surface area contributed by atoms with Crippen molar-refractivity contribution in [3.63, 3.8) is 0 Å². The molecule has 1 amide bonds. The van der Waals surface area contributed by atoms with Crippen molar-refractivity contribution in [2.24, 2.45) is 0 Å². The Morgan fingerprint density at radius 2 is 1.93 bits per heavy atom. The summed E-state index contributed by atoms with van der Waals surface area (Å²) in [5, 5.41) is 3.62. The van der Waals surface area contributed by atoms with E-state index in [9.17, 15) is 9.18 Å². The SMILES string of the molecule is CC(C(=O)Nc1ccc(F)cc1)c1ccc2c(c1)CCCN2Cc1cccc(Cl)c1. The summed E-state index contributed by atoms with van der Waals surface area (Å²) in [4.78, 5) is 15.0. The number of hydrogen-bond acceptors (Lipinski definition) is 2. The number of carbonyl (C=O) groups is 1. The molecule has 1 N–H and O–H groups in total. The molecule has 1 aliphatic rings. The highest BCUT2D eigenvalue weighted by Crippen LogP contribution is 2.32. The van der Waals surface area contributed by atoms with Crippen LogP contribution in [0.4, 0.5) is 15.8 Å². The Kier molecular flexibility index (Phi) is 6.05. The molecule has 0 fully saturated rings. The van der Waals surface area contributed by atoms with Crippen LogP contribution in [0.3, 0.4) is 0 Å². The van der Waals surface area contributed by atoms with Gasteiger partial charge >= 0.3 is 0 Å². The molecule has 0 spiro atoms. The Hall–Kier alpha value is -2.85. The number of rotatable bonds is 5. The van der Waals surface area contributed by atoms with Crippen molar-refractivity contribution in [2.45, 2.75) is 32.2 Å². The van der Waals surface area contributed by atoms with Crippen LogP contribution in [0.25, 0.3) is 0 Å². The molecule has 0 saturated heterocycles. The maximum Gasteiger partial charge on any atom is 0.231 e. The van der Waals surface area contributed by atoms with Crippen LogP contribution in [0.2, 0.25) is 5.02 Å². The van der Waals surface area contributed by atoms with Crippen LogP contribution < -0.4 is 10.2 Å². The maximum atomic E-state index is 13.1. The highest BCUT2D eigenvalue weighted by molar-refractivity contribution is 6.30. The maximum absolute atomic E-state index is 13.1. The first-order valence-corrected chi connectivity index (χ1v) is 10.6. The molecular weight excluding hydrogens is 399 g/mol. The number of nitrogens with one attached hydrogen (secondary N) is 1. The lowest BCUT2D eigenvalue weighted by Gasteiger charge is -2.32. The number of hydrogen-bond donors (Lipinski definition) is 1. The monoisotopic (exact) mass is 422 g/mol. The number of benzene rings is 3. The summed E-state index contributed by atoms with van der Waals surface area (Å²) in [7, 11) is 0. The van der Waals surface area contributed by atoms with Gasteiger partial charge in [0.15, 0.2) is 0 Å². The third kappa shape index (κ3) is 4.65. The molecule has 0 radical (unpaired) electrons. The van der Waals surface area contributed by atoms with Crippen molar-refractivity contribution in [1.29, 1.82) is 0 Å². The predicted octanol–water partition coefficient (Wildman–Crippen LogP) is 6.17. The van der Waals surface area contributed by atoms with Gasteiger partial charge in [-0.25, -0.2) is 4.39 Å². The van der Waals surface area contributed by atoms with E-state index in [1.165, 1.54) is 28.9 Å². The molecule has 3 nitrogen and oxygen atoms in total. The summed E-state index contributed by atoms with van der Waals surface area (Å²) in [6.45, 7) is 3.71. The van der Waals surface area contributed by atoms with Crippen molar-refractivity contribution in [3.05, 3.63) is 94.3 Å². The zero-order valence-electron chi connectivity index (χ0n) is 16.9. The number of halogens is 2. The minimum atomic E-state index is -0.321. The minimum Gasteiger partial charge on any atom is -0.367 e. The molecule has 30 heavy (non-hydrogen) atoms. The lowest BCUT2D eigenvalue weighted by molar-refractivity contribution is -0.117. The van der Waals surface area contributed by atoms with Gasteiger partial charge in [0.2, 0.25) is 5.91 Å². The second-order valence-corrected chi connectivity index (χ2v) is 8.20. The lowest BCUT2D eigenvalue weighted by Crippen LogP contribution is -2.29. The van der Waals surface area contributed by atoms with Crippen LogP contribution >= 0.6 is 11.6 Å². The van der Waals surface area contributed by atoms with Crippen LogP contribution in [-0.4, -0.2) is 12.5 Å². The molecule has 0 bridgehead atoms. The summed E-state index contributed by atoms with van der Waals surface area (Å²) in [5.74, 6) is -0.727. The number of aryl methyl sites for hydroxylation is 1. The van der Waals surface area contributed by atoms with Crippen molar-refractivity contribution in [3.8, 4) is 0 Å². The van der Waals surface area contributed by atoms with Crippen LogP contribution in [0.15, 0.2) is 66.7 Å². The molecule has 4 rings (SSSR count). The largest absolute Gasteiger partial charge is 0.367 e. The van der Waals surface area contributed by atoms with E-state index < -0.39 is 0 Å². The quantitative estimate of drug-likeness (QED) is 0.532. The molecule has 3 aromatic rings. The van der Waals surface area contributed by atoms with Gasteiger partial charge in [-0.15, -0.1) is 0 Å². The molecule has 1 aliphatic heterocycles. The summed E-state index contributed by atoms with van der Waals surface area (Å²) >= 11 is 6.14. The van der Waals surface area contributed by atoms with Crippen LogP contribution in [0.5, 0.6) is 0 Å². The average Bonchev–Trinajstić information content (AvgIpc) is 2.74. The Morgan fingerprint density at radius 1 is 1.13 bits per heavy atom. The van der Waals surface area contributed by atoms with E-state index in [0.717, 1.165) is 36.5 Å². The van der Waals surface area contributed by atoms with E-state index in [1.807, 2.05) is 31.2 Å². The van der Waals surface area contributed by atoms with Crippen molar-refractivity contribution in [2.75, 3.05) is 16.8 Å². The fourth-order valence-corrected chi connectivity index (χ4v) is 4.13. The van der Waals surface area contributed by atoms with Crippen molar-refractivity contribution < 1.29 is 9.18 Å². The molecule has 1 heterocycles. The normalized spacial score (nSPS) is 14.2. The Balaban J connectivity index is 1.49. The first kappa shape index (κ1) is 20.4. The molecule has 0 saturated carbocycles. The highest BCUT2D eigenvalue weighted by Gasteiger charge is 2.21. The molecule has 1 atom stereocenters. The topological polar surface area (TPSA) is 32.3 Å². The number of amides is 1. The Labute approximate surface area is 181 Å². The molecule has 0 aliphatic carbocycles. The Morgan fingerprint density at radius 3 is 2.70 bits per heavy atom. The first-order chi connectivity index (χ1) is 14.5. The van der Waals surface area contributed by atoms with Gasteiger partial charge in [-0.05, 0) is 78.9 Å². The summed E-state index contributed by atoms with van der Waals surface area (Å²) < 4.78 is 13.1. The number of carbonyl (C=O) groups excluding carboxylic acids is 1. The number of fused-ring (bicyclic) bond motifs is 1. The van der Waals surface area contributed by atoms with E-state index in [1.54, 1.807) is 12.1 Å². The van der Waals surface area contributed by atoms with Gasteiger partial charge in [-0.2, -0.15) is 0 Å². The summed E-state index contributed by atoms with van der Waals surface area (Å²) in [6, 6.07) is 20.1. The Bertz CT molecular complexity index is 1050. The summed E-state index contributed by atoms with van der Waals surface area (Å²) in [6.07, 6.45) is 2.08. The third-order valence-corrected chi connectivity index (χ3v) is 5.82. The van der Waals surface area contributed by atoms with Gasteiger partial charge in [-0.3, -0.25) is 4.79 Å². The van der Waals surface area contributed by atoms with Gasteiger partial charge in [0.1, 0.15) is 5.82 Å². The lowest BCUT2D eigenvalue weighted by atomic mass is 9.93. The van der Waals surface area contributed by atoms with E-state index in [0.29, 0.717) is 5.69 Å². The van der Waals surface area contributed by atoms with Crippen LogP contribution in [0.1, 0.15) is 36.0 Å². The zero-order chi connectivity index (χ0) is 21.1. The van der Waals surface area contributed by atoms with Gasteiger partial charge < -0.3 is 10.2 Å². The molecule has 1 unspecified atom stereocenters. The molecule has 3 aromatic carbocycles. The molecular formula is C25H24ClFN2O. The van der Waals surface area contributed by atoms with Gasteiger partial charge in [0, 0.05) is 29.5 Å². The van der Waals surface area contributed by atoms with E-state index in [2.05, 4.69) is 28.4 Å². The second-order valence-electron chi connectivity index (χ2n) is 7.76.